The van der Waals surface area contributed by atoms with Crippen LogP contribution in [-0.4, -0.2) is 27.3 Å². The first-order chi connectivity index (χ1) is 8.69. The topological polar surface area (TPSA) is 30.5 Å². The van der Waals surface area contributed by atoms with E-state index < -0.39 is 0 Å². The molecule has 1 heterocycles. The van der Waals surface area contributed by atoms with Gasteiger partial charge < -0.3 is 14.8 Å². The summed E-state index contributed by atoms with van der Waals surface area (Å²) in [5, 5.41) is 3.40. The van der Waals surface area contributed by atoms with Gasteiger partial charge in [0.05, 0.1) is 18.7 Å². The van der Waals surface area contributed by atoms with E-state index in [0.717, 1.165) is 29.1 Å². The van der Waals surface area contributed by atoms with Crippen LogP contribution in [0.5, 0.6) is 11.5 Å². The number of benzene rings is 1. The number of methoxy groups -OCH3 is 2. The Labute approximate surface area is 117 Å². The van der Waals surface area contributed by atoms with Gasteiger partial charge in [0.2, 0.25) is 0 Å². The molecule has 1 saturated heterocycles. The molecule has 2 rings (SSSR count). The second-order valence-electron chi connectivity index (χ2n) is 4.66. The van der Waals surface area contributed by atoms with Crippen molar-refractivity contribution in [1.29, 1.82) is 0 Å². The largest absolute Gasteiger partial charge is 0.493 e. The van der Waals surface area contributed by atoms with Crippen molar-refractivity contribution in [3.05, 3.63) is 21.7 Å². The number of rotatable bonds is 3. The van der Waals surface area contributed by atoms with Gasteiger partial charge in [-0.1, -0.05) is 0 Å². The van der Waals surface area contributed by atoms with Crippen LogP contribution in [0, 0.1) is 6.92 Å². The average Bonchev–Trinajstić information content (AvgIpc) is 2.42. The molecular weight excluding hydrogens is 294 g/mol. The molecule has 0 aromatic heterocycles. The standard InChI is InChI=1S/C14H20BrNO2/c1-9-11(10-4-6-16-7-5-10)8-12(17-2)14(18-3)13(9)15/h8,10,16H,4-7H2,1-3H3. The summed E-state index contributed by atoms with van der Waals surface area (Å²) in [4.78, 5) is 0. The molecule has 0 bridgehead atoms. The van der Waals surface area contributed by atoms with Gasteiger partial charge in [-0.25, -0.2) is 0 Å². The zero-order valence-corrected chi connectivity index (χ0v) is 12.8. The van der Waals surface area contributed by atoms with Gasteiger partial charge in [0.25, 0.3) is 0 Å². The minimum atomic E-state index is 0.613. The molecule has 4 heteroatoms. The Morgan fingerprint density at radius 3 is 2.44 bits per heavy atom. The lowest BCUT2D eigenvalue weighted by atomic mass is 9.87. The molecule has 0 atom stereocenters. The van der Waals surface area contributed by atoms with Crippen LogP contribution < -0.4 is 14.8 Å². The van der Waals surface area contributed by atoms with Gasteiger partial charge in [0.15, 0.2) is 11.5 Å². The normalized spacial score (nSPS) is 16.7. The highest BCUT2D eigenvalue weighted by Crippen LogP contribution is 2.42. The van der Waals surface area contributed by atoms with Crippen molar-refractivity contribution in [3.63, 3.8) is 0 Å². The van der Waals surface area contributed by atoms with E-state index in [0.29, 0.717) is 5.92 Å². The molecule has 1 fully saturated rings. The lowest BCUT2D eigenvalue weighted by Crippen LogP contribution is -2.27. The first-order valence-electron chi connectivity index (χ1n) is 6.30. The minimum Gasteiger partial charge on any atom is -0.493 e. The molecule has 0 unspecified atom stereocenters. The zero-order valence-electron chi connectivity index (χ0n) is 11.2. The summed E-state index contributed by atoms with van der Waals surface area (Å²) in [6, 6.07) is 2.13. The summed E-state index contributed by atoms with van der Waals surface area (Å²) >= 11 is 3.63. The maximum absolute atomic E-state index is 5.43. The molecule has 1 aliphatic rings. The maximum atomic E-state index is 5.43. The van der Waals surface area contributed by atoms with Crippen molar-refractivity contribution < 1.29 is 9.47 Å². The van der Waals surface area contributed by atoms with E-state index in [-0.39, 0.29) is 0 Å². The predicted molar refractivity (Wildman–Crippen MR) is 76.8 cm³/mol. The molecule has 0 amide bonds. The number of hydrogen-bond donors (Lipinski definition) is 1. The van der Waals surface area contributed by atoms with Crippen LogP contribution in [0.2, 0.25) is 0 Å². The van der Waals surface area contributed by atoms with Crippen LogP contribution in [0.15, 0.2) is 10.5 Å². The molecular formula is C14H20BrNO2. The van der Waals surface area contributed by atoms with Crippen molar-refractivity contribution in [2.24, 2.45) is 0 Å². The van der Waals surface area contributed by atoms with E-state index in [1.165, 1.54) is 24.0 Å². The molecule has 0 aliphatic carbocycles. The highest BCUT2D eigenvalue weighted by molar-refractivity contribution is 9.10. The van der Waals surface area contributed by atoms with Crippen LogP contribution >= 0.6 is 15.9 Å². The second-order valence-corrected chi connectivity index (χ2v) is 5.46. The fraction of sp³-hybridized carbons (Fsp3) is 0.571. The number of nitrogens with one attached hydrogen (secondary N) is 1. The predicted octanol–water partition coefficient (Wildman–Crippen LogP) is 3.24. The van der Waals surface area contributed by atoms with Crippen LogP contribution in [0.4, 0.5) is 0 Å². The summed E-state index contributed by atoms with van der Waals surface area (Å²) < 4.78 is 11.9. The molecule has 1 aromatic rings. The summed E-state index contributed by atoms with van der Waals surface area (Å²) in [6.07, 6.45) is 2.37. The van der Waals surface area contributed by atoms with Gasteiger partial charge in [-0.3, -0.25) is 0 Å². The quantitative estimate of drug-likeness (QED) is 0.929. The van der Waals surface area contributed by atoms with E-state index in [1.807, 2.05) is 0 Å². The Kier molecular flexibility index (Phi) is 4.51. The summed E-state index contributed by atoms with van der Waals surface area (Å²) in [6.45, 7) is 4.33. The SMILES string of the molecule is COc1cc(C2CCNCC2)c(C)c(Br)c1OC. The Morgan fingerprint density at radius 1 is 1.22 bits per heavy atom. The lowest BCUT2D eigenvalue weighted by molar-refractivity contribution is 0.351. The molecule has 100 valence electrons. The van der Waals surface area contributed by atoms with Crippen molar-refractivity contribution in [2.75, 3.05) is 27.3 Å². The van der Waals surface area contributed by atoms with E-state index in [4.69, 9.17) is 9.47 Å². The van der Waals surface area contributed by atoms with Crippen molar-refractivity contribution in [1.82, 2.24) is 5.32 Å². The lowest BCUT2D eigenvalue weighted by Gasteiger charge is -2.26. The highest BCUT2D eigenvalue weighted by Gasteiger charge is 2.22. The molecule has 1 N–H and O–H groups in total. The highest BCUT2D eigenvalue weighted by atomic mass is 79.9. The fourth-order valence-electron chi connectivity index (χ4n) is 2.62. The van der Waals surface area contributed by atoms with Gasteiger partial charge in [0.1, 0.15) is 0 Å². The van der Waals surface area contributed by atoms with Crippen LogP contribution in [0.25, 0.3) is 0 Å². The molecule has 0 radical (unpaired) electrons. The molecule has 1 aromatic carbocycles. The Morgan fingerprint density at radius 2 is 1.89 bits per heavy atom. The third kappa shape index (κ3) is 2.50. The van der Waals surface area contributed by atoms with E-state index in [2.05, 4.69) is 34.2 Å². The number of piperidine rings is 1. The van der Waals surface area contributed by atoms with E-state index in [1.54, 1.807) is 14.2 Å². The monoisotopic (exact) mass is 313 g/mol. The maximum Gasteiger partial charge on any atom is 0.175 e. The Bertz CT molecular complexity index is 428. The van der Waals surface area contributed by atoms with Crippen LogP contribution in [0.1, 0.15) is 29.9 Å². The summed E-state index contributed by atoms with van der Waals surface area (Å²) in [5.74, 6) is 2.21. The van der Waals surface area contributed by atoms with Crippen LogP contribution in [-0.2, 0) is 0 Å². The van der Waals surface area contributed by atoms with Crippen molar-refractivity contribution in [2.45, 2.75) is 25.7 Å². The van der Waals surface area contributed by atoms with E-state index in [9.17, 15) is 0 Å². The van der Waals surface area contributed by atoms with Crippen molar-refractivity contribution >= 4 is 15.9 Å². The Balaban J connectivity index is 2.44. The second kappa shape index (κ2) is 5.93. The van der Waals surface area contributed by atoms with Gasteiger partial charge in [-0.05, 0) is 71.9 Å². The molecule has 0 saturated carbocycles. The average molecular weight is 314 g/mol. The smallest absolute Gasteiger partial charge is 0.175 e. The third-order valence-corrected chi connectivity index (χ3v) is 4.63. The zero-order chi connectivity index (χ0) is 13.1. The van der Waals surface area contributed by atoms with Gasteiger partial charge in [0, 0.05) is 0 Å². The molecule has 3 nitrogen and oxygen atoms in total. The molecule has 18 heavy (non-hydrogen) atoms. The van der Waals surface area contributed by atoms with Gasteiger partial charge >= 0.3 is 0 Å². The minimum absolute atomic E-state index is 0.613. The summed E-state index contributed by atoms with van der Waals surface area (Å²) in [7, 11) is 3.36. The number of halogens is 1. The van der Waals surface area contributed by atoms with Crippen molar-refractivity contribution in [3.8, 4) is 11.5 Å². The third-order valence-electron chi connectivity index (χ3n) is 3.68. The van der Waals surface area contributed by atoms with Crippen LogP contribution in [0.3, 0.4) is 0 Å². The Hall–Kier alpha value is -0.740. The molecule has 1 aliphatic heterocycles. The van der Waals surface area contributed by atoms with Gasteiger partial charge in [-0.2, -0.15) is 0 Å². The summed E-state index contributed by atoms with van der Waals surface area (Å²) in [5.41, 5.74) is 2.64. The number of hydrogen-bond acceptors (Lipinski definition) is 3. The first kappa shape index (κ1) is 13.7. The fourth-order valence-corrected chi connectivity index (χ4v) is 3.21. The molecule has 0 spiro atoms. The first-order valence-corrected chi connectivity index (χ1v) is 7.10. The van der Waals surface area contributed by atoms with Gasteiger partial charge in [-0.15, -0.1) is 0 Å². The van der Waals surface area contributed by atoms with E-state index >= 15 is 0 Å². The number of ether oxygens (including phenoxy) is 2.